The van der Waals surface area contributed by atoms with Crippen molar-refractivity contribution in [2.75, 3.05) is 6.61 Å². The average Bonchev–Trinajstić information content (AvgIpc) is 3.19. The molecule has 0 spiro atoms. The van der Waals surface area contributed by atoms with Gasteiger partial charge in [0.1, 0.15) is 5.75 Å². The van der Waals surface area contributed by atoms with Crippen LogP contribution in [0, 0.1) is 12.8 Å². The molecule has 0 aliphatic carbocycles. The molecule has 0 saturated heterocycles. The van der Waals surface area contributed by atoms with E-state index in [4.69, 9.17) is 4.74 Å². The molecule has 0 radical (unpaired) electrons. The lowest BCUT2D eigenvalue weighted by Crippen LogP contribution is -2.40. The van der Waals surface area contributed by atoms with E-state index in [0.717, 1.165) is 17.1 Å². The minimum atomic E-state index is -0.346. The van der Waals surface area contributed by atoms with Crippen molar-refractivity contribution in [3.63, 3.8) is 0 Å². The summed E-state index contributed by atoms with van der Waals surface area (Å²) < 4.78 is 12.0. The predicted molar refractivity (Wildman–Crippen MR) is 112 cm³/mol. The Hall–Kier alpha value is -3.29. The van der Waals surface area contributed by atoms with Crippen LogP contribution in [-0.4, -0.2) is 29.7 Å². The van der Waals surface area contributed by atoms with Crippen molar-refractivity contribution < 1.29 is 4.74 Å². The van der Waals surface area contributed by atoms with Gasteiger partial charge in [0.05, 0.1) is 6.61 Å². The Kier molecular flexibility index (Phi) is 4.56. The van der Waals surface area contributed by atoms with Gasteiger partial charge in [0.15, 0.2) is 11.2 Å². The quantitative estimate of drug-likeness (QED) is 0.520. The van der Waals surface area contributed by atoms with Crippen molar-refractivity contribution in [2.45, 2.75) is 34.2 Å². The predicted octanol–water partition coefficient (Wildman–Crippen LogP) is 2.50. The fraction of sp³-hybridized carbons (Fsp3) is 0.381. The molecular formula is C21H25N5O3. The van der Waals surface area contributed by atoms with Gasteiger partial charge < -0.3 is 4.74 Å². The molecular weight excluding hydrogens is 370 g/mol. The van der Waals surface area contributed by atoms with E-state index in [2.05, 4.69) is 4.98 Å². The van der Waals surface area contributed by atoms with E-state index in [0.29, 0.717) is 30.1 Å². The molecule has 8 nitrogen and oxygen atoms in total. The Morgan fingerprint density at radius 3 is 2.45 bits per heavy atom. The highest BCUT2D eigenvalue weighted by molar-refractivity contribution is 5.76. The van der Waals surface area contributed by atoms with Gasteiger partial charge in [0, 0.05) is 31.2 Å². The SMILES string of the molecule is CCOc1ccc(-n2c(C)cn3c4c(=O)n(CC(C)C)c(=O)n(C)c4nc23)cc1. The van der Waals surface area contributed by atoms with Gasteiger partial charge in [-0.25, -0.2) is 4.79 Å². The summed E-state index contributed by atoms with van der Waals surface area (Å²) >= 11 is 0. The van der Waals surface area contributed by atoms with Crippen LogP contribution in [-0.2, 0) is 13.6 Å². The Morgan fingerprint density at radius 1 is 1.14 bits per heavy atom. The van der Waals surface area contributed by atoms with Gasteiger partial charge in [-0.05, 0) is 44.0 Å². The number of fused-ring (bicyclic) bond motifs is 3. The maximum Gasteiger partial charge on any atom is 0.332 e. The molecule has 4 rings (SSSR count). The fourth-order valence-corrected chi connectivity index (χ4v) is 3.71. The van der Waals surface area contributed by atoms with Crippen LogP contribution in [0.15, 0.2) is 40.1 Å². The van der Waals surface area contributed by atoms with Gasteiger partial charge in [-0.2, -0.15) is 4.98 Å². The maximum absolute atomic E-state index is 13.1. The van der Waals surface area contributed by atoms with Crippen molar-refractivity contribution in [1.29, 1.82) is 0 Å². The molecule has 3 heterocycles. The highest BCUT2D eigenvalue weighted by Gasteiger charge is 2.21. The topological polar surface area (TPSA) is 75.5 Å². The van der Waals surface area contributed by atoms with E-state index in [9.17, 15) is 9.59 Å². The zero-order valence-corrected chi connectivity index (χ0v) is 17.3. The number of nitrogens with zero attached hydrogens (tertiary/aromatic N) is 5. The second-order valence-corrected chi connectivity index (χ2v) is 7.64. The summed E-state index contributed by atoms with van der Waals surface area (Å²) in [5.41, 5.74) is 1.98. The molecule has 0 saturated carbocycles. The fourth-order valence-electron chi connectivity index (χ4n) is 3.71. The van der Waals surface area contributed by atoms with E-state index in [1.165, 1.54) is 9.13 Å². The lowest BCUT2D eigenvalue weighted by Gasteiger charge is -2.10. The summed E-state index contributed by atoms with van der Waals surface area (Å²) in [6.07, 6.45) is 1.88. The van der Waals surface area contributed by atoms with Crippen LogP contribution in [0.25, 0.3) is 22.6 Å². The van der Waals surface area contributed by atoms with Gasteiger partial charge >= 0.3 is 5.69 Å². The number of ether oxygens (including phenoxy) is 1. The zero-order chi connectivity index (χ0) is 20.9. The first kappa shape index (κ1) is 19.0. The Labute approximate surface area is 167 Å². The first-order valence-corrected chi connectivity index (χ1v) is 9.76. The summed E-state index contributed by atoms with van der Waals surface area (Å²) in [6, 6.07) is 7.71. The van der Waals surface area contributed by atoms with E-state index in [1.807, 2.05) is 62.7 Å². The molecule has 0 unspecified atom stereocenters. The summed E-state index contributed by atoms with van der Waals surface area (Å²) in [5, 5.41) is 0. The molecule has 8 heteroatoms. The van der Waals surface area contributed by atoms with E-state index >= 15 is 0 Å². The number of benzene rings is 1. The standard InChI is InChI=1S/C21H25N5O3/c1-6-29-16-9-7-15(8-10-16)26-14(4)12-24-17-18(22-20(24)26)23(5)21(28)25(19(17)27)11-13(2)3/h7-10,12-13H,6,11H2,1-5H3. The number of hydrogen-bond donors (Lipinski definition) is 0. The average molecular weight is 395 g/mol. The monoisotopic (exact) mass is 395 g/mol. The maximum atomic E-state index is 13.1. The molecule has 0 aliphatic heterocycles. The minimum absolute atomic E-state index is 0.177. The normalized spacial score (nSPS) is 11.8. The van der Waals surface area contributed by atoms with Crippen LogP contribution in [0.1, 0.15) is 26.5 Å². The van der Waals surface area contributed by atoms with Gasteiger partial charge in [-0.1, -0.05) is 13.8 Å². The van der Waals surface area contributed by atoms with Gasteiger partial charge in [0.25, 0.3) is 5.56 Å². The third-order valence-corrected chi connectivity index (χ3v) is 4.98. The number of aromatic nitrogens is 5. The Balaban J connectivity index is 2.00. The smallest absolute Gasteiger partial charge is 0.332 e. The lowest BCUT2D eigenvalue weighted by molar-refractivity contribution is 0.340. The van der Waals surface area contributed by atoms with E-state index < -0.39 is 0 Å². The summed E-state index contributed by atoms with van der Waals surface area (Å²) in [7, 11) is 1.65. The summed E-state index contributed by atoms with van der Waals surface area (Å²) in [6.45, 7) is 8.84. The minimum Gasteiger partial charge on any atom is -0.494 e. The third-order valence-electron chi connectivity index (χ3n) is 4.98. The lowest BCUT2D eigenvalue weighted by atomic mass is 10.2. The molecule has 0 amide bonds. The third kappa shape index (κ3) is 2.95. The van der Waals surface area contributed by atoms with Crippen molar-refractivity contribution >= 4 is 16.9 Å². The zero-order valence-electron chi connectivity index (χ0n) is 17.3. The molecule has 0 N–H and O–H groups in total. The second kappa shape index (κ2) is 6.95. The molecule has 0 atom stereocenters. The van der Waals surface area contributed by atoms with Crippen molar-refractivity contribution in [3.05, 3.63) is 57.0 Å². The van der Waals surface area contributed by atoms with Crippen LogP contribution in [0.4, 0.5) is 0 Å². The molecule has 0 fully saturated rings. The first-order chi connectivity index (χ1) is 13.8. The van der Waals surface area contributed by atoms with Crippen molar-refractivity contribution in [3.8, 4) is 11.4 Å². The van der Waals surface area contributed by atoms with Crippen LogP contribution < -0.4 is 16.0 Å². The Morgan fingerprint density at radius 2 is 1.83 bits per heavy atom. The highest BCUT2D eigenvalue weighted by atomic mass is 16.5. The Bertz CT molecular complexity index is 1320. The first-order valence-electron chi connectivity index (χ1n) is 9.76. The largest absolute Gasteiger partial charge is 0.494 e. The van der Waals surface area contributed by atoms with Gasteiger partial charge in [-0.15, -0.1) is 0 Å². The molecule has 29 heavy (non-hydrogen) atoms. The van der Waals surface area contributed by atoms with Gasteiger partial charge in [-0.3, -0.25) is 22.9 Å². The number of hydrogen-bond acceptors (Lipinski definition) is 4. The second-order valence-electron chi connectivity index (χ2n) is 7.64. The van der Waals surface area contributed by atoms with Crippen LogP contribution >= 0.6 is 0 Å². The molecule has 4 aromatic rings. The van der Waals surface area contributed by atoms with E-state index in [1.54, 1.807) is 11.4 Å². The van der Waals surface area contributed by atoms with Crippen molar-refractivity contribution in [1.82, 2.24) is 23.1 Å². The van der Waals surface area contributed by atoms with Gasteiger partial charge in [0.2, 0.25) is 5.78 Å². The van der Waals surface area contributed by atoms with Crippen LogP contribution in [0.5, 0.6) is 5.75 Å². The summed E-state index contributed by atoms with van der Waals surface area (Å²) in [5.74, 6) is 1.57. The molecule has 3 aromatic heterocycles. The molecule has 1 aromatic carbocycles. The number of aryl methyl sites for hydroxylation is 2. The number of imidazole rings is 2. The molecule has 152 valence electrons. The molecule has 0 bridgehead atoms. The van der Waals surface area contributed by atoms with Crippen LogP contribution in [0.2, 0.25) is 0 Å². The summed E-state index contributed by atoms with van der Waals surface area (Å²) in [4.78, 5) is 30.5. The van der Waals surface area contributed by atoms with Crippen LogP contribution in [0.3, 0.4) is 0 Å². The molecule has 0 aliphatic rings. The highest BCUT2D eigenvalue weighted by Crippen LogP contribution is 2.22. The van der Waals surface area contributed by atoms with E-state index in [-0.39, 0.29) is 17.2 Å². The number of rotatable bonds is 5. The van der Waals surface area contributed by atoms with Crippen molar-refractivity contribution in [2.24, 2.45) is 13.0 Å².